The van der Waals surface area contributed by atoms with Gasteiger partial charge in [-0.1, -0.05) is 0 Å². The van der Waals surface area contributed by atoms with Crippen LogP contribution in [0.4, 0.5) is 0 Å². The summed E-state index contributed by atoms with van der Waals surface area (Å²) in [5.74, 6) is 0. The molecule has 0 radical (unpaired) electrons. The van der Waals surface area contributed by atoms with Crippen molar-refractivity contribution < 1.29 is 19.4 Å². The highest BCUT2D eigenvalue weighted by Crippen LogP contribution is 2.13. The van der Waals surface area contributed by atoms with Gasteiger partial charge in [0.25, 0.3) is 6.47 Å². The predicted molar refractivity (Wildman–Crippen MR) is 32.1 cm³/mol. The average Bonchev–Trinajstić information content (AvgIpc) is 1.95. The van der Waals surface area contributed by atoms with Crippen LogP contribution >= 0.6 is 0 Å². The molecular weight excluding hydrogens is 136 g/mol. The fraction of sp³-hybridized carbons (Fsp3) is 0.833. The van der Waals surface area contributed by atoms with E-state index in [-0.39, 0.29) is 6.61 Å². The minimum atomic E-state index is -0.444. The molecule has 0 aliphatic carbocycles. The quantitative estimate of drug-likeness (QED) is 0.541. The molecule has 1 heterocycles. The topological polar surface area (TPSA) is 55.8 Å². The van der Waals surface area contributed by atoms with Gasteiger partial charge in [0.2, 0.25) is 6.29 Å². The van der Waals surface area contributed by atoms with Crippen molar-refractivity contribution in [1.29, 1.82) is 0 Å². The third-order valence-corrected chi connectivity index (χ3v) is 1.42. The first-order valence-electron chi connectivity index (χ1n) is 3.21. The van der Waals surface area contributed by atoms with Crippen LogP contribution in [0.2, 0.25) is 0 Å². The first-order valence-corrected chi connectivity index (χ1v) is 3.21. The summed E-state index contributed by atoms with van der Waals surface area (Å²) in [7, 11) is 0. The van der Waals surface area contributed by atoms with Crippen molar-refractivity contribution in [3.05, 3.63) is 0 Å². The number of ether oxygens (including phenoxy) is 2. The Labute approximate surface area is 58.7 Å². The van der Waals surface area contributed by atoms with Crippen LogP contribution in [-0.4, -0.2) is 30.6 Å². The Morgan fingerprint density at radius 1 is 1.60 bits per heavy atom. The second-order valence-corrected chi connectivity index (χ2v) is 2.23. The molecule has 1 N–H and O–H groups in total. The third kappa shape index (κ3) is 1.97. The Kier molecular flexibility index (Phi) is 2.65. The highest BCUT2D eigenvalue weighted by Gasteiger charge is 2.19. The van der Waals surface area contributed by atoms with E-state index >= 15 is 0 Å². The largest absolute Gasteiger partial charge is 0.438 e. The van der Waals surface area contributed by atoms with Gasteiger partial charge in [0.1, 0.15) is 0 Å². The molecular formula is C6H10O4. The monoisotopic (exact) mass is 146 g/mol. The molecule has 2 unspecified atom stereocenters. The summed E-state index contributed by atoms with van der Waals surface area (Å²) in [6.45, 7) is 0.626. The number of carbonyl (C=O) groups is 1. The molecule has 0 bridgehead atoms. The minimum Gasteiger partial charge on any atom is -0.438 e. The Morgan fingerprint density at radius 3 is 2.90 bits per heavy atom. The summed E-state index contributed by atoms with van der Waals surface area (Å²) in [5, 5.41) is 8.93. The lowest BCUT2D eigenvalue weighted by Crippen LogP contribution is -2.30. The lowest BCUT2D eigenvalue weighted by molar-refractivity contribution is -0.186. The number of rotatable bonds is 2. The number of hydrogen-bond donors (Lipinski definition) is 1. The SMILES string of the molecule is O=COC1CCC(O)CO1. The van der Waals surface area contributed by atoms with E-state index in [1.165, 1.54) is 0 Å². The molecule has 4 nitrogen and oxygen atoms in total. The number of aliphatic hydroxyl groups is 1. The molecule has 2 atom stereocenters. The molecule has 1 fully saturated rings. The maximum absolute atomic E-state index is 9.79. The van der Waals surface area contributed by atoms with Gasteiger partial charge in [0.15, 0.2) is 0 Å². The van der Waals surface area contributed by atoms with E-state index in [0.29, 0.717) is 19.3 Å². The zero-order valence-electron chi connectivity index (χ0n) is 5.53. The molecule has 0 aromatic heterocycles. The van der Waals surface area contributed by atoms with Crippen molar-refractivity contribution >= 4 is 6.47 Å². The molecule has 1 saturated heterocycles. The van der Waals surface area contributed by atoms with E-state index in [4.69, 9.17) is 9.84 Å². The molecule has 4 heteroatoms. The molecule has 0 aromatic carbocycles. The molecule has 0 amide bonds. The Balaban J connectivity index is 2.19. The molecule has 58 valence electrons. The predicted octanol–water partition coefficient (Wildman–Crippen LogP) is -0.343. The highest BCUT2D eigenvalue weighted by atomic mass is 16.7. The van der Waals surface area contributed by atoms with E-state index < -0.39 is 12.4 Å². The van der Waals surface area contributed by atoms with Gasteiger partial charge in [0.05, 0.1) is 12.7 Å². The van der Waals surface area contributed by atoms with Crippen molar-refractivity contribution in [3.63, 3.8) is 0 Å². The van der Waals surface area contributed by atoms with Crippen LogP contribution in [0.1, 0.15) is 12.8 Å². The van der Waals surface area contributed by atoms with Gasteiger partial charge in [0, 0.05) is 6.42 Å². The smallest absolute Gasteiger partial charge is 0.295 e. The molecule has 0 aromatic rings. The van der Waals surface area contributed by atoms with Gasteiger partial charge < -0.3 is 14.6 Å². The third-order valence-electron chi connectivity index (χ3n) is 1.42. The normalized spacial score (nSPS) is 33.3. The fourth-order valence-electron chi connectivity index (χ4n) is 0.883. The zero-order chi connectivity index (χ0) is 7.40. The van der Waals surface area contributed by atoms with Crippen LogP contribution in [0.5, 0.6) is 0 Å². The molecule has 0 saturated carbocycles. The Morgan fingerprint density at radius 2 is 2.40 bits per heavy atom. The van der Waals surface area contributed by atoms with Crippen molar-refractivity contribution in [3.8, 4) is 0 Å². The average molecular weight is 146 g/mol. The van der Waals surface area contributed by atoms with Crippen LogP contribution in [-0.2, 0) is 14.3 Å². The first kappa shape index (κ1) is 7.50. The van der Waals surface area contributed by atoms with Gasteiger partial charge in [-0.3, -0.25) is 4.79 Å². The zero-order valence-corrected chi connectivity index (χ0v) is 5.53. The summed E-state index contributed by atoms with van der Waals surface area (Å²) in [6.07, 6.45) is 0.380. The van der Waals surface area contributed by atoms with Crippen molar-refractivity contribution in [2.75, 3.05) is 6.61 Å². The van der Waals surface area contributed by atoms with Gasteiger partial charge in [-0.05, 0) is 6.42 Å². The van der Waals surface area contributed by atoms with Gasteiger partial charge in [-0.25, -0.2) is 0 Å². The van der Waals surface area contributed by atoms with E-state index in [1.54, 1.807) is 0 Å². The second kappa shape index (κ2) is 3.53. The maximum Gasteiger partial charge on any atom is 0.295 e. The molecule has 10 heavy (non-hydrogen) atoms. The minimum absolute atomic E-state index is 0.262. The summed E-state index contributed by atoms with van der Waals surface area (Å²) in [5.41, 5.74) is 0. The lowest BCUT2D eigenvalue weighted by atomic mass is 10.1. The van der Waals surface area contributed by atoms with Crippen LogP contribution in [0, 0.1) is 0 Å². The number of carbonyl (C=O) groups excluding carboxylic acids is 1. The Hall–Kier alpha value is -0.610. The van der Waals surface area contributed by atoms with E-state index in [9.17, 15) is 4.79 Å². The van der Waals surface area contributed by atoms with Crippen LogP contribution in [0.25, 0.3) is 0 Å². The number of aliphatic hydroxyl groups excluding tert-OH is 1. The lowest BCUT2D eigenvalue weighted by Gasteiger charge is -2.23. The van der Waals surface area contributed by atoms with Gasteiger partial charge in [-0.15, -0.1) is 0 Å². The number of hydrogen-bond acceptors (Lipinski definition) is 4. The summed E-state index contributed by atoms with van der Waals surface area (Å²) < 4.78 is 9.44. The summed E-state index contributed by atoms with van der Waals surface area (Å²) in [4.78, 5) is 9.79. The fourth-order valence-corrected chi connectivity index (χ4v) is 0.883. The molecule has 1 rings (SSSR count). The molecule has 1 aliphatic heterocycles. The maximum atomic E-state index is 9.79. The Bertz CT molecular complexity index is 106. The van der Waals surface area contributed by atoms with Crippen molar-refractivity contribution in [2.24, 2.45) is 0 Å². The summed E-state index contributed by atoms with van der Waals surface area (Å²) >= 11 is 0. The van der Waals surface area contributed by atoms with E-state index in [0.717, 1.165) is 0 Å². The van der Waals surface area contributed by atoms with E-state index in [2.05, 4.69) is 4.74 Å². The van der Waals surface area contributed by atoms with Crippen LogP contribution in [0.15, 0.2) is 0 Å². The first-order chi connectivity index (χ1) is 4.83. The van der Waals surface area contributed by atoms with Crippen LogP contribution < -0.4 is 0 Å². The summed E-state index contributed by atoms with van der Waals surface area (Å²) in [6, 6.07) is 0. The molecule has 0 spiro atoms. The van der Waals surface area contributed by atoms with Gasteiger partial charge in [-0.2, -0.15) is 0 Å². The standard InChI is InChI=1S/C6H10O4/c7-4-10-6-2-1-5(8)3-9-6/h4-6,8H,1-3H2. The second-order valence-electron chi connectivity index (χ2n) is 2.23. The van der Waals surface area contributed by atoms with Crippen LogP contribution in [0.3, 0.4) is 0 Å². The van der Waals surface area contributed by atoms with Gasteiger partial charge >= 0.3 is 0 Å². The molecule has 1 aliphatic rings. The van der Waals surface area contributed by atoms with Crippen molar-refractivity contribution in [1.82, 2.24) is 0 Å². The van der Waals surface area contributed by atoms with E-state index in [1.807, 2.05) is 0 Å². The highest BCUT2D eigenvalue weighted by molar-refractivity contribution is 5.37. The van der Waals surface area contributed by atoms with Crippen molar-refractivity contribution in [2.45, 2.75) is 25.2 Å².